The van der Waals surface area contributed by atoms with Gasteiger partial charge in [-0.3, -0.25) is 9.78 Å². The standard InChI is InChI=1S/C27H26FN5O3/c1-2-19-14-24(26(34)32-11-5-3-4-6-12-32)30-25-15-23(31-33(19)25)20-9-7-17(13-21(20)28)22-10-8-18(16-29-22)27(35)36/h7-10,13-16H,2-6,11-12H2,1H3,(H,35,36). The molecule has 5 rings (SSSR count). The number of amides is 1. The van der Waals surface area contributed by atoms with Crippen LogP contribution in [-0.4, -0.2) is 54.6 Å². The Balaban J connectivity index is 1.47. The van der Waals surface area contributed by atoms with Gasteiger partial charge in [0.25, 0.3) is 5.91 Å². The minimum atomic E-state index is -1.07. The van der Waals surface area contributed by atoms with Crippen molar-refractivity contribution in [3.8, 4) is 22.5 Å². The number of carboxylic acid groups (broad SMARTS) is 1. The van der Waals surface area contributed by atoms with E-state index < -0.39 is 11.8 Å². The molecule has 1 saturated heterocycles. The van der Waals surface area contributed by atoms with E-state index in [1.54, 1.807) is 34.8 Å². The maximum Gasteiger partial charge on any atom is 0.337 e. The molecule has 4 aromatic rings. The van der Waals surface area contributed by atoms with Gasteiger partial charge >= 0.3 is 5.97 Å². The number of aryl methyl sites for hydroxylation is 1. The van der Waals surface area contributed by atoms with Crippen molar-refractivity contribution in [2.75, 3.05) is 13.1 Å². The number of carbonyl (C=O) groups excluding carboxylic acids is 1. The molecule has 8 nitrogen and oxygen atoms in total. The number of aromatic carboxylic acids is 1. The lowest BCUT2D eigenvalue weighted by Crippen LogP contribution is -2.32. The fraction of sp³-hybridized carbons (Fsp3) is 0.296. The third-order valence-electron chi connectivity index (χ3n) is 6.53. The zero-order valence-corrected chi connectivity index (χ0v) is 19.9. The molecule has 0 saturated carbocycles. The van der Waals surface area contributed by atoms with Crippen LogP contribution in [0.2, 0.25) is 0 Å². The second-order valence-corrected chi connectivity index (χ2v) is 8.92. The van der Waals surface area contributed by atoms with Crippen LogP contribution >= 0.6 is 0 Å². The van der Waals surface area contributed by atoms with Gasteiger partial charge in [0, 0.05) is 42.2 Å². The van der Waals surface area contributed by atoms with Gasteiger partial charge in [0.15, 0.2) is 5.65 Å². The van der Waals surface area contributed by atoms with E-state index in [4.69, 9.17) is 5.11 Å². The number of hydrogen-bond donors (Lipinski definition) is 1. The summed E-state index contributed by atoms with van der Waals surface area (Å²) in [6.07, 6.45) is 6.15. The lowest BCUT2D eigenvalue weighted by Gasteiger charge is -2.20. The molecule has 1 amide bonds. The maximum absolute atomic E-state index is 15.2. The first kappa shape index (κ1) is 23.6. The first-order valence-corrected chi connectivity index (χ1v) is 12.1. The number of carbonyl (C=O) groups is 2. The summed E-state index contributed by atoms with van der Waals surface area (Å²) in [6.45, 7) is 3.46. The Labute approximate surface area is 207 Å². The highest BCUT2D eigenvalue weighted by atomic mass is 19.1. The molecule has 0 spiro atoms. The van der Waals surface area contributed by atoms with Crippen molar-refractivity contribution in [1.82, 2.24) is 24.5 Å². The first-order chi connectivity index (χ1) is 17.4. The summed E-state index contributed by atoms with van der Waals surface area (Å²) >= 11 is 0. The van der Waals surface area contributed by atoms with Gasteiger partial charge in [-0.2, -0.15) is 5.10 Å². The van der Waals surface area contributed by atoms with Gasteiger partial charge in [0.05, 0.1) is 17.0 Å². The normalized spacial score (nSPS) is 14.1. The molecule has 1 aliphatic rings. The van der Waals surface area contributed by atoms with E-state index in [0.29, 0.717) is 40.3 Å². The Bertz CT molecular complexity index is 1440. The number of fused-ring (bicyclic) bond motifs is 1. The van der Waals surface area contributed by atoms with Gasteiger partial charge in [0.2, 0.25) is 0 Å². The van der Waals surface area contributed by atoms with E-state index in [2.05, 4.69) is 15.1 Å². The average molecular weight is 488 g/mol. The van der Waals surface area contributed by atoms with Gasteiger partial charge in [-0.05, 0) is 49.6 Å². The van der Waals surface area contributed by atoms with Gasteiger partial charge in [-0.1, -0.05) is 25.8 Å². The number of likely N-dealkylation sites (tertiary alicyclic amines) is 1. The van der Waals surface area contributed by atoms with Crippen LogP contribution in [0.25, 0.3) is 28.2 Å². The Morgan fingerprint density at radius 1 is 1.00 bits per heavy atom. The molecular weight excluding hydrogens is 461 g/mol. The van der Waals surface area contributed by atoms with Crippen LogP contribution in [0.3, 0.4) is 0 Å². The number of nitrogens with zero attached hydrogens (tertiary/aromatic N) is 5. The number of halogens is 1. The number of hydrogen-bond acceptors (Lipinski definition) is 5. The summed E-state index contributed by atoms with van der Waals surface area (Å²) in [5.74, 6) is -1.63. The van der Waals surface area contributed by atoms with Crippen molar-refractivity contribution >= 4 is 17.5 Å². The molecule has 1 aromatic carbocycles. The molecule has 0 aliphatic carbocycles. The molecule has 184 valence electrons. The molecule has 36 heavy (non-hydrogen) atoms. The van der Waals surface area contributed by atoms with Crippen molar-refractivity contribution in [2.45, 2.75) is 39.0 Å². The SMILES string of the molecule is CCc1cc(C(=O)N2CCCCCC2)nc2cc(-c3ccc(-c4ccc(C(=O)O)cn4)cc3F)nn12. The largest absolute Gasteiger partial charge is 0.478 e. The van der Waals surface area contributed by atoms with Crippen LogP contribution < -0.4 is 0 Å². The zero-order valence-electron chi connectivity index (χ0n) is 19.9. The second kappa shape index (κ2) is 9.85. The van der Waals surface area contributed by atoms with Crippen LogP contribution in [0.5, 0.6) is 0 Å². The fourth-order valence-electron chi connectivity index (χ4n) is 4.54. The van der Waals surface area contributed by atoms with Gasteiger partial charge < -0.3 is 10.0 Å². The monoisotopic (exact) mass is 487 g/mol. The van der Waals surface area contributed by atoms with E-state index in [1.165, 1.54) is 18.3 Å². The van der Waals surface area contributed by atoms with E-state index >= 15 is 4.39 Å². The summed E-state index contributed by atoms with van der Waals surface area (Å²) in [5.41, 5.74) is 3.47. The minimum Gasteiger partial charge on any atom is -0.478 e. The Hall–Kier alpha value is -4.14. The highest BCUT2D eigenvalue weighted by Crippen LogP contribution is 2.28. The molecular formula is C27H26FN5O3. The van der Waals surface area contributed by atoms with Crippen molar-refractivity contribution in [1.29, 1.82) is 0 Å². The molecule has 4 heterocycles. The third kappa shape index (κ3) is 4.56. The topological polar surface area (TPSA) is 101 Å². The van der Waals surface area contributed by atoms with Crippen LogP contribution in [0, 0.1) is 5.82 Å². The third-order valence-corrected chi connectivity index (χ3v) is 6.53. The molecule has 9 heteroatoms. The Morgan fingerprint density at radius 2 is 1.78 bits per heavy atom. The van der Waals surface area contributed by atoms with E-state index in [1.807, 2.05) is 11.8 Å². The van der Waals surface area contributed by atoms with E-state index in [-0.39, 0.29) is 11.5 Å². The molecule has 1 fully saturated rings. The molecule has 3 aromatic heterocycles. The summed E-state index contributed by atoms with van der Waals surface area (Å²) in [7, 11) is 0. The lowest BCUT2D eigenvalue weighted by atomic mass is 10.1. The summed E-state index contributed by atoms with van der Waals surface area (Å²) in [6, 6.07) is 11.1. The molecule has 0 unspecified atom stereocenters. The van der Waals surface area contributed by atoms with Gasteiger partial charge in [-0.15, -0.1) is 0 Å². The van der Waals surface area contributed by atoms with Crippen LogP contribution in [0.4, 0.5) is 4.39 Å². The summed E-state index contributed by atoms with van der Waals surface area (Å²) in [4.78, 5) is 34.8. The van der Waals surface area contributed by atoms with Crippen molar-refractivity contribution in [3.05, 3.63) is 71.4 Å². The number of rotatable bonds is 5. The predicted molar refractivity (Wildman–Crippen MR) is 132 cm³/mol. The molecule has 1 aliphatic heterocycles. The highest BCUT2D eigenvalue weighted by Gasteiger charge is 2.21. The minimum absolute atomic E-state index is 0.0634. The quantitative estimate of drug-likeness (QED) is 0.431. The summed E-state index contributed by atoms with van der Waals surface area (Å²) in [5, 5.41) is 13.6. The highest BCUT2D eigenvalue weighted by molar-refractivity contribution is 5.93. The smallest absolute Gasteiger partial charge is 0.337 e. The average Bonchev–Trinajstić information content (AvgIpc) is 3.13. The number of benzene rings is 1. The number of carboxylic acids is 1. The van der Waals surface area contributed by atoms with E-state index in [0.717, 1.165) is 44.5 Å². The Kier molecular flexibility index (Phi) is 6.45. The lowest BCUT2D eigenvalue weighted by molar-refractivity contribution is 0.0695. The first-order valence-electron chi connectivity index (χ1n) is 12.1. The number of pyridine rings is 1. The molecule has 0 bridgehead atoms. The molecule has 0 atom stereocenters. The molecule has 1 N–H and O–H groups in total. The van der Waals surface area contributed by atoms with Gasteiger partial charge in [0.1, 0.15) is 11.5 Å². The van der Waals surface area contributed by atoms with E-state index in [9.17, 15) is 9.59 Å². The maximum atomic E-state index is 15.2. The fourth-order valence-corrected chi connectivity index (χ4v) is 4.54. The molecule has 0 radical (unpaired) electrons. The van der Waals surface area contributed by atoms with Crippen LogP contribution in [0.15, 0.2) is 48.7 Å². The predicted octanol–water partition coefficient (Wildman–Crippen LogP) is 4.87. The van der Waals surface area contributed by atoms with Crippen molar-refractivity contribution in [3.63, 3.8) is 0 Å². The number of aromatic nitrogens is 4. The Morgan fingerprint density at radius 3 is 2.42 bits per heavy atom. The van der Waals surface area contributed by atoms with Crippen molar-refractivity contribution < 1.29 is 19.1 Å². The van der Waals surface area contributed by atoms with Crippen LogP contribution in [-0.2, 0) is 6.42 Å². The summed E-state index contributed by atoms with van der Waals surface area (Å²) < 4.78 is 16.8. The van der Waals surface area contributed by atoms with Crippen molar-refractivity contribution in [2.24, 2.45) is 0 Å². The zero-order chi connectivity index (χ0) is 25.2. The van der Waals surface area contributed by atoms with Gasteiger partial charge in [-0.25, -0.2) is 18.7 Å². The second-order valence-electron chi connectivity index (χ2n) is 8.92. The van der Waals surface area contributed by atoms with Crippen LogP contribution in [0.1, 0.15) is 59.1 Å².